The number of hydrogen-bond donors (Lipinski definition) is 2. The molecule has 0 aromatic carbocycles. The van der Waals surface area contributed by atoms with Gasteiger partial charge in [0.25, 0.3) is 0 Å². The zero-order valence-corrected chi connectivity index (χ0v) is 12.3. The van der Waals surface area contributed by atoms with Gasteiger partial charge < -0.3 is 15.8 Å². The molecular weight excluding hydrogens is 254 g/mol. The summed E-state index contributed by atoms with van der Waals surface area (Å²) in [4.78, 5) is 14.7. The van der Waals surface area contributed by atoms with Gasteiger partial charge >= 0.3 is 0 Å². The van der Waals surface area contributed by atoms with Crippen molar-refractivity contribution < 1.29 is 10.0 Å². The highest BCUT2D eigenvalue weighted by Crippen LogP contribution is 2.31. The van der Waals surface area contributed by atoms with E-state index in [0.29, 0.717) is 24.9 Å². The first-order valence-electron chi connectivity index (χ1n) is 7.99. The van der Waals surface area contributed by atoms with Gasteiger partial charge in [0.05, 0.1) is 0 Å². The average Bonchev–Trinajstić information content (AvgIpc) is 3.22. The molecule has 0 aromatic rings. The number of nitrogens with zero attached hydrogens (tertiary/aromatic N) is 2. The first-order chi connectivity index (χ1) is 9.72. The molecule has 1 amide bonds. The lowest BCUT2D eigenvalue weighted by molar-refractivity contribution is -0.136. The minimum absolute atomic E-state index is 0.197. The monoisotopic (exact) mass is 281 g/mol. The van der Waals surface area contributed by atoms with Crippen LogP contribution in [0.25, 0.3) is 0 Å². The SMILES string of the molecule is NC(CCN(C(=O)C1CCCCCCC1)C1CC1)=NO. The summed E-state index contributed by atoms with van der Waals surface area (Å²) in [6, 6.07) is 0.402. The molecule has 0 aliphatic heterocycles. The molecule has 0 atom stereocenters. The Hall–Kier alpha value is -1.26. The fraction of sp³-hybridized carbons (Fsp3) is 0.867. The summed E-state index contributed by atoms with van der Waals surface area (Å²) >= 11 is 0. The van der Waals surface area contributed by atoms with Crippen LogP contribution in [0.4, 0.5) is 0 Å². The Morgan fingerprint density at radius 1 is 1.10 bits per heavy atom. The number of oxime groups is 1. The number of nitrogens with two attached hydrogens (primary N) is 1. The number of rotatable bonds is 5. The van der Waals surface area contributed by atoms with E-state index in [1.54, 1.807) is 0 Å². The molecule has 2 aliphatic rings. The molecule has 0 radical (unpaired) electrons. The van der Waals surface area contributed by atoms with E-state index in [4.69, 9.17) is 10.9 Å². The van der Waals surface area contributed by atoms with Gasteiger partial charge in [0, 0.05) is 24.9 Å². The molecule has 2 rings (SSSR count). The summed E-state index contributed by atoms with van der Waals surface area (Å²) in [7, 11) is 0. The van der Waals surface area contributed by atoms with Crippen molar-refractivity contribution in [3.05, 3.63) is 0 Å². The highest BCUT2D eigenvalue weighted by molar-refractivity contribution is 5.82. The van der Waals surface area contributed by atoms with Crippen LogP contribution in [0.3, 0.4) is 0 Å². The zero-order chi connectivity index (χ0) is 14.4. The van der Waals surface area contributed by atoms with Crippen molar-refractivity contribution in [3.8, 4) is 0 Å². The van der Waals surface area contributed by atoms with Gasteiger partial charge in [-0.05, 0) is 25.7 Å². The van der Waals surface area contributed by atoms with Crippen molar-refractivity contribution >= 4 is 11.7 Å². The normalized spacial score (nSPS) is 22.1. The van der Waals surface area contributed by atoms with Crippen LogP contribution in [0.2, 0.25) is 0 Å². The van der Waals surface area contributed by atoms with Crippen LogP contribution < -0.4 is 5.73 Å². The lowest BCUT2D eigenvalue weighted by Crippen LogP contribution is -2.40. The van der Waals surface area contributed by atoms with E-state index in [-0.39, 0.29) is 11.8 Å². The van der Waals surface area contributed by atoms with Gasteiger partial charge in [0.2, 0.25) is 5.91 Å². The Labute approximate surface area is 121 Å². The van der Waals surface area contributed by atoms with Crippen molar-refractivity contribution in [2.45, 2.75) is 70.3 Å². The minimum Gasteiger partial charge on any atom is -0.409 e. The molecule has 0 bridgehead atoms. The summed E-state index contributed by atoms with van der Waals surface area (Å²) in [5.74, 6) is 0.712. The Kier molecular flexibility index (Phi) is 5.68. The standard InChI is InChI=1S/C15H27N3O2/c16-14(17-20)10-11-18(13-8-9-13)15(19)12-6-4-2-1-3-5-7-12/h12-13,20H,1-11H2,(H2,16,17). The van der Waals surface area contributed by atoms with Crippen LogP contribution in [-0.4, -0.2) is 34.4 Å². The molecular formula is C15H27N3O2. The van der Waals surface area contributed by atoms with Crippen LogP contribution in [0.1, 0.15) is 64.2 Å². The van der Waals surface area contributed by atoms with Crippen LogP contribution in [0.15, 0.2) is 5.16 Å². The van der Waals surface area contributed by atoms with Crippen LogP contribution in [0, 0.1) is 5.92 Å². The topological polar surface area (TPSA) is 78.9 Å². The molecule has 5 heteroatoms. The number of amidine groups is 1. The van der Waals surface area contributed by atoms with E-state index in [1.807, 2.05) is 4.90 Å². The molecule has 5 nitrogen and oxygen atoms in total. The maximum absolute atomic E-state index is 12.7. The second kappa shape index (κ2) is 7.50. The zero-order valence-electron chi connectivity index (χ0n) is 12.3. The second-order valence-corrected chi connectivity index (χ2v) is 6.15. The predicted octanol–water partition coefficient (Wildman–Crippen LogP) is 2.47. The van der Waals surface area contributed by atoms with E-state index < -0.39 is 0 Å². The van der Waals surface area contributed by atoms with E-state index in [1.165, 1.54) is 32.1 Å². The summed E-state index contributed by atoms with van der Waals surface area (Å²) in [6.07, 6.45) is 10.9. The molecule has 0 heterocycles. The van der Waals surface area contributed by atoms with Crippen LogP contribution >= 0.6 is 0 Å². The summed E-state index contributed by atoms with van der Waals surface area (Å²) in [6.45, 7) is 0.593. The average molecular weight is 281 g/mol. The Bertz CT molecular complexity index is 345. The molecule has 0 unspecified atom stereocenters. The van der Waals surface area contributed by atoms with Crippen molar-refractivity contribution in [3.63, 3.8) is 0 Å². The van der Waals surface area contributed by atoms with Crippen molar-refractivity contribution in [1.29, 1.82) is 0 Å². The van der Waals surface area contributed by atoms with Gasteiger partial charge in [0.1, 0.15) is 5.84 Å². The highest BCUT2D eigenvalue weighted by atomic mass is 16.4. The van der Waals surface area contributed by atoms with Crippen molar-refractivity contribution in [2.75, 3.05) is 6.54 Å². The van der Waals surface area contributed by atoms with Crippen LogP contribution in [-0.2, 0) is 4.79 Å². The smallest absolute Gasteiger partial charge is 0.225 e. The summed E-state index contributed by atoms with van der Waals surface area (Å²) in [5.41, 5.74) is 5.53. The largest absolute Gasteiger partial charge is 0.409 e. The number of carbonyl (C=O) groups is 1. The molecule has 2 aliphatic carbocycles. The van der Waals surface area contributed by atoms with E-state index in [9.17, 15) is 4.79 Å². The Morgan fingerprint density at radius 3 is 2.25 bits per heavy atom. The minimum atomic E-state index is 0.197. The first kappa shape index (κ1) is 15.1. The first-order valence-corrected chi connectivity index (χ1v) is 7.99. The summed E-state index contributed by atoms with van der Waals surface area (Å²) < 4.78 is 0. The molecule has 0 saturated heterocycles. The van der Waals surface area contributed by atoms with Crippen LogP contribution in [0.5, 0.6) is 0 Å². The third-order valence-electron chi connectivity index (χ3n) is 4.46. The van der Waals surface area contributed by atoms with Gasteiger partial charge in [-0.25, -0.2) is 0 Å². The summed E-state index contributed by atoms with van der Waals surface area (Å²) in [5, 5.41) is 11.6. The second-order valence-electron chi connectivity index (χ2n) is 6.15. The van der Waals surface area contributed by atoms with Crippen molar-refractivity contribution in [2.24, 2.45) is 16.8 Å². The maximum atomic E-state index is 12.7. The Morgan fingerprint density at radius 2 is 1.70 bits per heavy atom. The molecule has 0 aromatic heterocycles. The van der Waals surface area contributed by atoms with Crippen molar-refractivity contribution in [1.82, 2.24) is 4.90 Å². The van der Waals surface area contributed by atoms with E-state index >= 15 is 0 Å². The van der Waals surface area contributed by atoms with Gasteiger partial charge in [-0.1, -0.05) is 37.3 Å². The molecule has 2 saturated carbocycles. The molecule has 20 heavy (non-hydrogen) atoms. The molecule has 3 N–H and O–H groups in total. The number of amides is 1. The molecule has 2 fully saturated rings. The lowest BCUT2D eigenvalue weighted by atomic mass is 9.90. The van der Waals surface area contributed by atoms with E-state index in [0.717, 1.165) is 25.7 Å². The quantitative estimate of drug-likeness (QED) is 0.352. The van der Waals surface area contributed by atoms with Gasteiger partial charge in [-0.2, -0.15) is 0 Å². The molecule has 0 spiro atoms. The maximum Gasteiger partial charge on any atom is 0.225 e. The van der Waals surface area contributed by atoms with E-state index in [2.05, 4.69) is 5.16 Å². The number of carbonyl (C=O) groups excluding carboxylic acids is 1. The van der Waals surface area contributed by atoms with Gasteiger partial charge in [-0.15, -0.1) is 0 Å². The fourth-order valence-electron chi connectivity index (χ4n) is 3.08. The number of hydrogen-bond acceptors (Lipinski definition) is 3. The molecule has 114 valence electrons. The third kappa shape index (κ3) is 4.39. The highest BCUT2D eigenvalue weighted by Gasteiger charge is 2.35. The predicted molar refractivity (Wildman–Crippen MR) is 78.6 cm³/mol. The third-order valence-corrected chi connectivity index (χ3v) is 4.46. The van der Waals surface area contributed by atoms with Gasteiger partial charge in [0.15, 0.2) is 0 Å². The lowest BCUT2D eigenvalue weighted by Gasteiger charge is -2.28. The fourth-order valence-corrected chi connectivity index (χ4v) is 3.08. The van der Waals surface area contributed by atoms with Gasteiger partial charge in [-0.3, -0.25) is 4.79 Å². The Balaban J connectivity index is 1.91.